The van der Waals surface area contributed by atoms with E-state index >= 15 is 0 Å². The van der Waals surface area contributed by atoms with Gasteiger partial charge in [0.25, 0.3) is 5.91 Å². The Balaban J connectivity index is 1.28. The second kappa shape index (κ2) is 9.86. The van der Waals surface area contributed by atoms with Crippen molar-refractivity contribution in [1.82, 2.24) is 15.1 Å². The van der Waals surface area contributed by atoms with E-state index in [1.165, 1.54) is 5.56 Å². The predicted octanol–water partition coefficient (Wildman–Crippen LogP) is 3.64. The first kappa shape index (κ1) is 21.2. The van der Waals surface area contributed by atoms with Crippen LogP contribution in [0.1, 0.15) is 28.8 Å². The van der Waals surface area contributed by atoms with Crippen molar-refractivity contribution in [1.29, 1.82) is 0 Å². The SMILES string of the molecule is O=C(NC1CCN(Cc2ccc(Cl)cc2)CC1)C1CSCN1C(=O)c1ccccc1. The van der Waals surface area contributed by atoms with Crippen LogP contribution in [0.5, 0.6) is 0 Å². The van der Waals surface area contributed by atoms with Gasteiger partial charge in [-0.25, -0.2) is 0 Å². The molecule has 0 saturated carbocycles. The van der Waals surface area contributed by atoms with Crippen LogP contribution in [0, 0.1) is 0 Å². The van der Waals surface area contributed by atoms with Crippen LogP contribution in [0.25, 0.3) is 0 Å². The molecule has 158 valence electrons. The molecule has 1 unspecified atom stereocenters. The zero-order chi connectivity index (χ0) is 20.9. The number of halogens is 1. The summed E-state index contributed by atoms with van der Waals surface area (Å²) in [6, 6.07) is 16.9. The Morgan fingerprint density at radius 2 is 1.73 bits per heavy atom. The van der Waals surface area contributed by atoms with E-state index in [4.69, 9.17) is 11.6 Å². The van der Waals surface area contributed by atoms with Crippen molar-refractivity contribution in [2.75, 3.05) is 24.7 Å². The molecule has 2 aromatic rings. The number of carbonyl (C=O) groups is 2. The van der Waals surface area contributed by atoms with E-state index in [-0.39, 0.29) is 17.9 Å². The van der Waals surface area contributed by atoms with Gasteiger partial charge in [0.2, 0.25) is 5.91 Å². The minimum Gasteiger partial charge on any atom is -0.351 e. The Kier molecular flexibility index (Phi) is 6.97. The molecule has 2 saturated heterocycles. The van der Waals surface area contributed by atoms with Gasteiger partial charge in [-0.3, -0.25) is 14.5 Å². The molecule has 2 fully saturated rings. The van der Waals surface area contributed by atoms with Crippen molar-refractivity contribution in [3.05, 3.63) is 70.7 Å². The molecule has 2 aliphatic heterocycles. The highest BCUT2D eigenvalue weighted by atomic mass is 35.5. The van der Waals surface area contributed by atoms with Gasteiger partial charge < -0.3 is 10.2 Å². The third kappa shape index (κ3) is 5.17. The van der Waals surface area contributed by atoms with Gasteiger partial charge in [0.15, 0.2) is 0 Å². The Labute approximate surface area is 186 Å². The first-order chi connectivity index (χ1) is 14.6. The number of benzene rings is 2. The van der Waals surface area contributed by atoms with E-state index in [1.54, 1.807) is 28.8 Å². The fraction of sp³-hybridized carbons (Fsp3) is 0.391. The van der Waals surface area contributed by atoms with Gasteiger partial charge in [-0.1, -0.05) is 41.9 Å². The van der Waals surface area contributed by atoms with Crippen molar-refractivity contribution in [2.45, 2.75) is 31.5 Å². The fourth-order valence-corrected chi connectivity index (χ4v) is 5.27. The molecule has 1 atom stereocenters. The first-order valence-electron chi connectivity index (χ1n) is 10.3. The standard InChI is InChI=1S/C23H26ClN3O2S/c24-19-8-6-17(7-9-19)14-26-12-10-20(11-13-26)25-22(28)21-15-30-16-27(21)23(29)18-4-2-1-3-5-18/h1-9,20-21H,10-16H2,(H,25,28). The number of thioether (sulfide) groups is 1. The van der Waals surface area contributed by atoms with Crippen molar-refractivity contribution in [3.63, 3.8) is 0 Å². The van der Waals surface area contributed by atoms with Gasteiger partial charge in [0.05, 0.1) is 5.88 Å². The third-order valence-electron chi connectivity index (χ3n) is 5.72. The Morgan fingerprint density at radius 1 is 1.03 bits per heavy atom. The van der Waals surface area contributed by atoms with Crippen molar-refractivity contribution in [2.24, 2.45) is 0 Å². The number of nitrogens with zero attached hydrogens (tertiary/aromatic N) is 2. The second-order valence-electron chi connectivity index (χ2n) is 7.84. The smallest absolute Gasteiger partial charge is 0.255 e. The molecular formula is C23H26ClN3O2S. The third-order valence-corrected chi connectivity index (χ3v) is 6.98. The number of rotatable bonds is 5. The maximum Gasteiger partial charge on any atom is 0.255 e. The molecule has 0 bridgehead atoms. The van der Waals surface area contributed by atoms with Crippen molar-refractivity contribution < 1.29 is 9.59 Å². The van der Waals surface area contributed by atoms with E-state index in [0.717, 1.165) is 37.5 Å². The maximum atomic E-state index is 12.9. The molecule has 5 nitrogen and oxygen atoms in total. The van der Waals surface area contributed by atoms with Gasteiger partial charge in [-0.2, -0.15) is 0 Å². The van der Waals surface area contributed by atoms with Crippen molar-refractivity contribution in [3.8, 4) is 0 Å². The molecule has 2 aliphatic rings. The normalized spacial score (nSPS) is 20.3. The Morgan fingerprint density at radius 3 is 2.43 bits per heavy atom. The largest absolute Gasteiger partial charge is 0.351 e. The average Bonchev–Trinajstić information content (AvgIpc) is 3.27. The summed E-state index contributed by atoms with van der Waals surface area (Å²) in [5.41, 5.74) is 1.88. The van der Waals surface area contributed by atoms with Crippen LogP contribution in [0.4, 0.5) is 0 Å². The average molecular weight is 444 g/mol. The molecule has 7 heteroatoms. The van der Waals surface area contributed by atoms with E-state index in [2.05, 4.69) is 22.3 Å². The highest BCUT2D eigenvalue weighted by molar-refractivity contribution is 7.99. The summed E-state index contributed by atoms with van der Waals surface area (Å²) in [6.07, 6.45) is 1.84. The van der Waals surface area contributed by atoms with E-state index in [9.17, 15) is 9.59 Å². The lowest BCUT2D eigenvalue weighted by Crippen LogP contribution is -2.52. The number of carbonyl (C=O) groups excluding carboxylic acids is 2. The number of amides is 2. The van der Waals surface area contributed by atoms with E-state index in [0.29, 0.717) is 17.2 Å². The van der Waals surface area contributed by atoms with E-state index in [1.807, 2.05) is 30.3 Å². The van der Waals surface area contributed by atoms with Gasteiger partial charge in [-0.15, -0.1) is 11.8 Å². The topological polar surface area (TPSA) is 52.7 Å². The molecule has 2 aromatic carbocycles. The molecule has 2 heterocycles. The Bertz CT molecular complexity index is 870. The van der Waals surface area contributed by atoms with Crippen LogP contribution >= 0.6 is 23.4 Å². The van der Waals surface area contributed by atoms with Crippen molar-refractivity contribution >= 4 is 35.2 Å². The molecule has 30 heavy (non-hydrogen) atoms. The minimum atomic E-state index is -0.394. The van der Waals surface area contributed by atoms with Gasteiger partial charge in [0.1, 0.15) is 6.04 Å². The highest BCUT2D eigenvalue weighted by Gasteiger charge is 2.36. The quantitative estimate of drug-likeness (QED) is 0.766. The molecule has 1 N–H and O–H groups in total. The van der Waals surface area contributed by atoms with Crippen LogP contribution in [0.2, 0.25) is 5.02 Å². The molecule has 0 aromatic heterocycles. The van der Waals surface area contributed by atoms with Gasteiger partial charge >= 0.3 is 0 Å². The van der Waals surface area contributed by atoms with Gasteiger partial charge in [0, 0.05) is 42.0 Å². The number of hydrogen-bond donors (Lipinski definition) is 1. The summed E-state index contributed by atoms with van der Waals surface area (Å²) in [7, 11) is 0. The molecule has 0 radical (unpaired) electrons. The summed E-state index contributed by atoms with van der Waals surface area (Å²) in [6.45, 7) is 2.79. The zero-order valence-corrected chi connectivity index (χ0v) is 18.4. The summed E-state index contributed by atoms with van der Waals surface area (Å²) in [4.78, 5) is 29.8. The monoisotopic (exact) mass is 443 g/mol. The van der Waals surface area contributed by atoms with E-state index < -0.39 is 6.04 Å². The number of nitrogens with one attached hydrogen (secondary N) is 1. The summed E-state index contributed by atoms with van der Waals surface area (Å²) in [5.74, 6) is 1.12. The van der Waals surface area contributed by atoms with Crippen LogP contribution in [0.3, 0.4) is 0 Å². The number of likely N-dealkylation sites (tertiary alicyclic amines) is 1. The van der Waals surface area contributed by atoms with Crippen LogP contribution in [-0.2, 0) is 11.3 Å². The lowest BCUT2D eigenvalue weighted by molar-refractivity contribution is -0.125. The number of hydrogen-bond acceptors (Lipinski definition) is 4. The Hall–Kier alpha value is -2.02. The lowest BCUT2D eigenvalue weighted by Gasteiger charge is -2.33. The maximum absolute atomic E-state index is 12.9. The molecule has 0 spiro atoms. The molecular weight excluding hydrogens is 418 g/mol. The lowest BCUT2D eigenvalue weighted by atomic mass is 10.0. The van der Waals surface area contributed by atoms with Crippen LogP contribution < -0.4 is 5.32 Å². The summed E-state index contributed by atoms with van der Waals surface area (Å²) in [5, 5.41) is 3.95. The zero-order valence-electron chi connectivity index (χ0n) is 16.8. The summed E-state index contributed by atoms with van der Waals surface area (Å²) >= 11 is 7.59. The van der Waals surface area contributed by atoms with Crippen LogP contribution in [-0.4, -0.2) is 58.4 Å². The molecule has 4 rings (SSSR count). The fourth-order valence-electron chi connectivity index (χ4n) is 3.99. The van der Waals surface area contributed by atoms with Gasteiger partial charge in [-0.05, 0) is 42.7 Å². The predicted molar refractivity (Wildman–Crippen MR) is 122 cm³/mol. The minimum absolute atomic E-state index is 0.0274. The highest BCUT2D eigenvalue weighted by Crippen LogP contribution is 2.24. The second-order valence-corrected chi connectivity index (χ2v) is 9.28. The molecule has 2 amide bonds. The summed E-state index contributed by atoms with van der Waals surface area (Å²) < 4.78 is 0. The number of piperidine rings is 1. The van der Waals surface area contributed by atoms with Crippen LogP contribution in [0.15, 0.2) is 54.6 Å². The molecule has 0 aliphatic carbocycles. The first-order valence-corrected chi connectivity index (χ1v) is 11.8.